The first-order chi connectivity index (χ1) is 8.74. The first-order valence-electron chi connectivity index (χ1n) is 5.87. The van der Waals surface area contributed by atoms with Gasteiger partial charge in [0.05, 0.1) is 18.5 Å². The smallest absolute Gasteiger partial charge is 0.200 e. The highest BCUT2D eigenvalue weighted by molar-refractivity contribution is 6.33. The molecule has 5 heteroatoms. The van der Waals surface area contributed by atoms with Crippen molar-refractivity contribution in [1.82, 2.24) is 9.55 Å². The van der Waals surface area contributed by atoms with Crippen molar-refractivity contribution in [3.8, 4) is 11.3 Å². The second kappa shape index (κ2) is 5.89. The second-order valence-electron chi connectivity index (χ2n) is 3.83. The molecule has 96 valence electrons. The molecule has 0 saturated carbocycles. The number of halogens is 1. The molecule has 1 aromatic carbocycles. The van der Waals surface area contributed by atoms with Crippen LogP contribution < -0.4 is 5.73 Å². The van der Waals surface area contributed by atoms with E-state index >= 15 is 0 Å². The topological polar surface area (TPSA) is 53.1 Å². The Morgan fingerprint density at radius 3 is 2.89 bits per heavy atom. The number of hydrogen-bond acceptors (Lipinski definition) is 3. The molecule has 1 aromatic heterocycles. The fraction of sp³-hybridized carbons (Fsp3) is 0.308. The third-order valence-electron chi connectivity index (χ3n) is 2.70. The molecule has 0 bridgehead atoms. The SMILES string of the molecule is CCOCCn1c(-c2ccccc2Cl)cnc1N. The normalized spacial score (nSPS) is 10.8. The number of nitrogen functional groups attached to an aromatic ring is 1. The highest BCUT2D eigenvalue weighted by atomic mass is 35.5. The van der Waals surface area contributed by atoms with Crippen molar-refractivity contribution < 1.29 is 4.74 Å². The number of anilines is 1. The maximum atomic E-state index is 6.19. The van der Waals surface area contributed by atoms with Crippen LogP contribution in [0.3, 0.4) is 0 Å². The fourth-order valence-corrected chi connectivity index (χ4v) is 2.04. The molecule has 0 atom stereocenters. The second-order valence-corrected chi connectivity index (χ2v) is 4.24. The molecule has 4 nitrogen and oxygen atoms in total. The average Bonchev–Trinajstić information content (AvgIpc) is 2.72. The number of nitrogens with zero attached hydrogens (tertiary/aromatic N) is 2. The molecule has 0 fully saturated rings. The van der Waals surface area contributed by atoms with Crippen molar-refractivity contribution in [2.24, 2.45) is 0 Å². The van der Waals surface area contributed by atoms with Gasteiger partial charge in [0.25, 0.3) is 0 Å². The summed E-state index contributed by atoms with van der Waals surface area (Å²) in [5.41, 5.74) is 7.71. The molecule has 0 aliphatic rings. The maximum Gasteiger partial charge on any atom is 0.200 e. The summed E-state index contributed by atoms with van der Waals surface area (Å²) in [6, 6.07) is 7.65. The fourth-order valence-electron chi connectivity index (χ4n) is 1.81. The molecule has 0 amide bonds. The summed E-state index contributed by atoms with van der Waals surface area (Å²) < 4.78 is 7.26. The number of imidazole rings is 1. The van der Waals surface area contributed by atoms with Crippen LogP contribution in [0.15, 0.2) is 30.5 Å². The average molecular weight is 266 g/mol. The van der Waals surface area contributed by atoms with Crippen LogP contribution >= 0.6 is 11.6 Å². The van der Waals surface area contributed by atoms with E-state index in [9.17, 15) is 0 Å². The zero-order valence-corrected chi connectivity index (χ0v) is 11.0. The van der Waals surface area contributed by atoms with E-state index in [1.807, 2.05) is 35.8 Å². The van der Waals surface area contributed by atoms with E-state index in [1.54, 1.807) is 6.20 Å². The van der Waals surface area contributed by atoms with E-state index in [0.29, 0.717) is 30.7 Å². The van der Waals surface area contributed by atoms with Gasteiger partial charge in [0.15, 0.2) is 0 Å². The first kappa shape index (κ1) is 12.9. The van der Waals surface area contributed by atoms with Gasteiger partial charge in [-0.3, -0.25) is 0 Å². The van der Waals surface area contributed by atoms with Gasteiger partial charge in [0.2, 0.25) is 5.95 Å². The summed E-state index contributed by atoms with van der Waals surface area (Å²) in [5.74, 6) is 0.477. The zero-order valence-electron chi connectivity index (χ0n) is 10.3. The number of benzene rings is 1. The van der Waals surface area contributed by atoms with Gasteiger partial charge in [-0.15, -0.1) is 0 Å². The molecule has 0 spiro atoms. The Kier molecular flexibility index (Phi) is 4.23. The van der Waals surface area contributed by atoms with Crippen LogP contribution in [0.4, 0.5) is 5.95 Å². The van der Waals surface area contributed by atoms with Gasteiger partial charge in [0, 0.05) is 23.7 Å². The van der Waals surface area contributed by atoms with Crippen LogP contribution in [0.5, 0.6) is 0 Å². The molecular formula is C13H16ClN3O. The van der Waals surface area contributed by atoms with Crippen molar-refractivity contribution >= 4 is 17.5 Å². The van der Waals surface area contributed by atoms with Gasteiger partial charge in [0.1, 0.15) is 0 Å². The molecule has 18 heavy (non-hydrogen) atoms. The van der Waals surface area contributed by atoms with E-state index < -0.39 is 0 Å². The molecule has 0 aliphatic carbocycles. The third kappa shape index (κ3) is 2.66. The van der Waals surface area contributed by atoms with Crippen LogP contribution in [0.1, 0.15) is 6.92 Å². The van der Waals surface area contributed by atoms with E-state index in [2.05, 4.69) is 4.98 Å². The van der Waals surface area contributed by atoms with Gasteiger partial charge in [-0.05, 0) is 13.0 Å². The Morgan fingerprint density at radius 1 is 1.39 bits per heavy atom. The van der Waals surface area contributed by atoms with Crippen molar-refractivity contribution in [3.05, 3.63) is 35.5 Å². The number of aromatic nitrogens is 2. The predicted octanol–water partition coefficient (Wildman–Crippen LogP) is 2.82. The van der Waals surface area contributed by atoms with E-state index in [1.165, 1.54) is 0 Å². The lowest BCUT2D eigenvalue weighted by Crippen LogP contribution is -2.10. The molecule has 0 saturated heterocycles. The lowest BCUT2D eigenvalue weighted by Gasteiger charge is -2.11. The van der Waals surface area contributed by atoms with Crippen LogP contribution in [0.25, 0.3) is 11.3 Å². The van der Waals surface area contributed by atoms with E-state index in [-0.39, 0.29) is 0 Å². The number of hydrogen-bond donors (Lipinski definition) is 1. The summed E-state index contributed by atoms with van der Waals surface area (Å²) in [6.07, 6.45) is 1.74. The van der Waals surface area contributed by atoms with Crippen LogP contribution in [0.2, 0.25) is 5.02 Å². The Balaban J connectivity index is 2.31. The van der Waals surface area contributed by atoms with Crippen molar-refractivity contribution in [2.75, 3.05) is 18.9 Å². The maximum absolute atomic E-state index is 6.19. The van der Waals surface area contributed by atoms with Crippen LogP contribution in [-0.2, 0) is 11.3 Å². The molecule has 0 unspecified atom stereocenters. The summed E-state index contributed by atoms with van der Waals surface area (Å²) in [4.78, 5) is 4.14. The minimum Gasteiger partial charge on any atom is -0.380 e. The molecular weight excluding hydrogens is 250 g/mol. The molecule has 0 radical (unpaired) electrons. The number of nitrogens with two attached hydrogens (primary N) is 1. The minimum atomic E-state index is 0.477. The Hall–Kier alpha value is -1.52. The molecule has 1 heterocycles. The largest absolute Gasteiger partial charge is 0.380 e. The summed E-state index contributed by atoms with van der Waals surface area (Å²) >= 11 is 6.19. The predicted molar refractivity (Wildman–Crippen MR) is 73.6 cm³/mol. The quantitative estimate of drug-likeness (QED) is 0.846. The standard InChI is InChI=1S/C13H16ClN3O/c1-2-18-8-7-17-12(9-16-13(17)15)10-5-3-4-6-11(10)14/h3-6,9H,2,7-8H2,1H3,(H2,15,16). The highest BCUT2D eigenvalue weighted by Crippen LogP contribution is 2.28. The molecule has 0 aliphatic heterocycles. The first-order valence-corrected chi connectivity index (χ1v) is 6.25. The van der Waals surface area contributed by atoms with E-state index in [4.69, 9.17) is 22.1 Å². The van der Waals surface area contributed by atoms with Gasteiger partial charge in [-0.1, -0.05) is 29.8 Å². The Morgan fingerprint density at radius 2 is 2.17 bits per heavy atom. The van der Waals surface area contributed by atoms with Crippen molar-refractivity contribution in [2.45, 2.75) is 13.5 Å². The third-order valence-corrected chi connectivity index (χ3v) is 3.03. The van der Waals surface area contributed by atoms with Gasteiger partial charge in [-0.25, -0.2) is 4.98 Å². The molecule has 2 rings (SSSR count). The molecule has 2 aromatic rings. The van der Waals surface area contributed by atoms with Gasteiger partial charge >= 0.3 is 0 Å². The summed E-state index contributed by atoms with van der Waals surface area (Å²) in [5, 5.41) is 0.690. The minimum absolute atomic E-state index is 0.477. The van der Waals surface area contributed by atoms with Crippen LogP contribution in [0, 0.1) is 0 Å². The lowest BCUT2D eigenvalue weighted by molar-refractivity contribution is 0.139. The summed E-state index contributed by atoms with van der Waals surface area (Å²) in [6.45, 7) is 3.93. The molecule has 2 N–H and O–H groups in total. The summed E-state index contributed by atoms with van der Waals surface area (Å²) in [7, 11) is 0. The zero-order chi connectivity index (χ0) is 13.0. The number of ether oxygens (including phenoxy) is 1. The highest BCUT2D eigenvalue weighted by Gasteiger charge is 2.11. The van der Waals surface area contributed by atoms with Crippen molar-refractivity contribution in [3.63, 3.8) is 0 Å². The van der Waals surface area contributed by atoms with Gasteiger partial charge in [-0.2, -0.15) is 0 Å². The Bertz CT molecular complexity index is 525. The van der Waals surface area contributed by atoms with E-state index in [0.717, 1.165) is 11.3 Å². The van der Waals surface area contributed by atoms with Crippen LogP contribution in [-0.4, -0.2) is 22.8 Å². The Labute approximate surface area is 111 Å². The number of rotatable bonds is 5. The lowest BCUT2D eigenvalue weighted by atomic mass is 10.1. The van der Waals surface area contributed by atoms with Crippen molar-refractivity contribution in [1.29, 1.82) is 0 Å². The monoisotopic (exact) mass is 265 g/mol. The van der Waals surface area contributed by atoms with Gasteiger partial charge < -0.3 is 15.0 Å².